The van der Waals surface area contributed by atoms with Crippen LogP contribution in [0.1, 0.15) is 149 Å². The summed E-state index contributed by atoms with van der Waals surface area (Å²) in [5, 5.41) is 23.0. The molecule has 5 aromatic rings. The Balaban J connectivity index is 0.660. The summed E-state index contributed by atoms with van der Waals surface area (Å²) in [6.45, 7) is 9.16. The third-order valence-electron chi connectivity index (χ3n) is 19.2. The molecule has 0 fully saturated rings. The number of carbonyl (C=O) groups excluding carboxylic acids is 10. The van der Waals surface area contributed by atoms with Crippen LogP contribution in [0.2, 0.25) is 0 Å². The van der Waals surface area contributed by atoms with Gasteiger partial charge in [0.25, 0.3) is 23.6 Å². The monoisotopic (exact) mass is 1420 g/mol. The summed E-state index contributed by atoms with van der Waals surface area (Å²) in [5.41, 5.74) is 7.81. The van der Waals surface area contributed by atoms with Crippen molar-refractivity contribution in [3.63, 3.8) is 0 Å². The van der Waals surface area contributed by atoms with Gasteiger partial charge in [-0.05, 0) is 130 Å². The van der Waals surface area contributed by atoms with Crippen molar-refractivity contribution in [1.82, 2.24) is 30.7 Å². The van der Waals surface area contributed by atoms with Gasteiger partial charge in [-0.1, -0.05) is 92.1 Å². The zero-order valence-corrected chi connectivity index (χ0v) is 59.3. The summed E-state index contributed by atoms with van der Waals surface area (Å²) in [6.07, 6.45) is 9.02. The molecule has 104 heavy (non-hydrogen) atoms. The van der Waals surface area contributed by atoms with E-state index in [-0.39, 0.29) is 104 Å². The number of amides is 9. The second-order valence-electron chi connectivity index (χ2n) is 27.0. The number of esters is 1. The van der Waals surface area contributed by atoms with E-state index < -0.39 is 77.9 Å². The number of benzene rings is 5. The van der Waals surface area contributed by atoms with E-state index in [9.17, 15) is 53.1 Å². The molecule has 0 saturated heterocycles. The SMILES string of the molecule is COc1cc2c(cc1OCCCCCOc1cc3c(cc1OC)C(=O)N1C=C(C)C[C@H]1[C@H](O)N3C(=O)OCc1ccc(NC(=O)[C@H](C)NC(=O)[C@@H](NC(=O)CC[C@H](NC(=O)CCCCCN3C(=O)C=CC3=O)C(=O)OCC3c4ccccc4-c4ccccc43)C(C)C)cc1)N=C[C@@H]1CC(C)=CN1C2=O. The third-order valence-corrected chi connectivity index (χ3v) is 19.2. The van der Waals surface area contributed by atoms with Gasteiger partial charge in [-0.3, -0.25) is 48.2 Å². The largest absolute Gasteiger partial charge is 0.493 e. The maximum absolute atomic E-state index is 14.4. The smallest absolute Gasteiger partial charge is 0.416 e. The number of nitrogens with one attached hydrogen (secondary N) is 4. The lowest BCUT2D eigenvalue weighted by molar-refractivity contribution is -0.148. The number of methoxy groups -OCH3 is 2. The van der Waals surface area contributed by atoms with Crippen molar-refractivity contribution in [3.8, 4) is 34.1 Å². The van der Waals surface area contributed by atoms with Crippen LogP contribution in [-0.2, 0) is 49.6 Å². The number of unbranched alkanes of at least 4 members (excludes halogenated alkanes) is 4. The summed E-state index contributed by atoms with van der Waals surface area (Å²) < 4.78 is 35.5. The number of fused-ring (bicyclic) bond motifs is 7. The molecule has 0 radical (unpaired) electrons. The van der Waals surface area contributed by atoms with Crippen molar-refractivity contribution in [2.75, 3.05) is 50.8 Å². The summed E-state index contributed by atoms with van der Waals surface area (Å²) in [7, 11) is 2.95. The fraction of sp³-hybridized carbons (Fsp3) is 0.397. The van der Waals surface area contributed by atoms with Crippen molar-refractivity contribution in [2.24, 2.45) is 10.9 Å². The first-order chi connectivity index (χ1) is 50.1. The quantitative estimate of drug-likeness (QED) is 0.0157. The molecule has 5 aliphatic heterocycles. The van der Waals surface area contributed by atoms with Crippen molar-refractivity contribution >= 4 is 82.6 Å². The topological polar surface area (TPSA) is 320 Å². The number of nitrogens with zero attached hydrogens (tertiary/aromatic N) is 5. The zero-order valence-electron chi connectivity index (χ0n) is 59.3. The molecule has 5 heterocycles. The van der Waals surface area contributed by atoms with Crippen LogP contribution in [0.5, 0.6) is 23.0 Å². The second kappa shape index (κ2) is 33.3. The van der Waals surface area contributed by atoms with Crippen LogP contribution in [0.25, 0.3) is 11.1 Å². The minimum Gasteiger partial charge on any atom is -0.493 e. The first kappa shape index (κ1) is 74.1. The van der Waals surface area contributed by atoms with E-state index in [0.717, 1.165) is 49.6 Å². The molecule has 9 amide bonds. The highest BCUT2D eigenvalue weighted by molar-refractivity contribution is 6.13. The predicted molar refractivity (Wildman–Crippen MR) is 384 cm³/mol. The summed E-state index contributed by atoms with van der Waals surface area (Å²) in [4.78, 5) is 145. The van der Waals surface area contributed by atoms with Gasteiger partial charge in [-0.15, -0.1) is 0 Å². The average Bonchev–Trinajstić information content (AvgIpc) is 1.60. The maximum Gasteiger partial charge on any atom is 0.416 e. The molecule has 0 saturated carbocycles. The van der Waals surface area contributed by atoms with Gasteiger partial charge in [0, 0.05) is 73.9 Å². The zero-order chi connectivity index (χ0) is 73.9. The highest BCUT2D eigenvalue weighted by Crippen LogP contribution is 2.46. The molecular weight excluding hydrogens is 1330 g/mol. The Morgan fingerprint density at radius 1 is 0.625 bits per heavy atom. The van der Waals surface area contributed by atoms with Gasteiger partial charge >= 0.3 is 12.1 Å². The Bertz CT molecular complexity index is 4220. The number of ether oxygens (including phenoxy) is 6. The van der Waals surface area contributed by atoms with Gasteiger partial charge < -0.3 is 64.6 Å². The molecule has 11 rings (SSSR count). The third kappa shape index (κ3) is 17.0. The van der Waals surface area contributed by atoms with Crippen LogP contribution >= 0.6 is 0 Å². The van der Waals surface area contributed by atoms with E-state index in [2.05, 4.69) is 26.3 Å². The van der Waals surface area contributed by atoms with Gasteiger partial charge in [0.2, 0.25) is 23.6 Å². The van der Waals surface area contributed by atoms with E-state index >= 15 is 0 Å². The molecule has 0 spiro atoms. The van der Waals surface area contributed by atoms with Crippen LogP contribution < -0.4 is 45.1 Å². The Labute approximate surface area is 602 Å². The molecular formula is C78H87N9O17. The van der Waals surface area contributed by atoms with Crippen LogP contribution in [0.4, 0.5) is 21.9 Å². The standard InChI is InChI=1S/C78H87N9O17/c1-45(2)71(83-68(89)28-27-59(82-67(88)22-10-8-15-31-84-69(90)29-30-70(84)91)77(97)103-44-58-54-20-13-11-18-52(54)53-19-12-14-21-55(53)58)73(93)80-48(5)72(92)81-50-25-23-49(24-26-50)43-104-78(98)87-61-39-66(64(100-7)37-57(61)75(95)86-42-47(4)35-62(86)76(87)96)102-33-17-9-16-32-101-65-38-60-56(36-63(65)99-6)74(94)85-41-46(3)34-51(85)40-79-60/h11-14,18-21,23-26,29-30,36-42,45,48,51,58-59,62,71,76,96H,8-10,15-17,22,27-28,31-35,43-44H2,1-7H3,(H,80,93)(H,81,92)(H,82,88)(H,83,89)/t48-,51-,59-,62-,71-,76-/m0/s1. The number of aliphatic imine (C=N–C) groups is 1. The minimum atomic E-state index is -1.55. The Hall–Kier alpha value is -11.2. The average molecular weight is 1420 g/mol. The van der Waals surface area contributed by atoms with Gasteiger partial charge in [-0.25, -0.2) is 14.5 Å². The normalized spacial score (nSPS) is 17.8. The fourth-order valence-corrected chi connectivity index (χ4v) is 13.6. The van der Waals surface area contributed by atoms with E-state index in [1.807, 2.05) is 68.6 Å². The van der Waals surface area contributed by atoms with Crippen molar-refractivity contribution in [3.05, 3.63) is 161 Å². The molecule has 5 N–H and O–H groups in total. The molecule has 6 aliphatic rings. The summed E-state index contributed by atoms with van der Waals surface area (Å²) >= 11 is 0. The lowest BCUT2D eigenvalue weighted by Gasteiger charge is -2.31. The molecule has 26 nitrogen and oxygen atoms in total. The van der Waals surface area contributed by atoms with E-state index in [1.165, 1.54) is 50.3 Å². The Morgan fingerprint density at radius 2 is 1.23 bits per heavy atom. The highest BCUT2D eigenvalue weighted by atomic mass is 16.6. The van der Waals surface area contributed by atoms with Gasteiger partial charge in [0.05, 0.1) is 62.0 Å². The number of rotatable bonds is 31. The molecule has 6 atom stereocenters. The Kier molecular flexibility index (Phi) is 23.7. The number of anilines is 2. The number of carbonyl (C=O) groups is 10. The summed E-state index contributed by atoms with van der Waals surface area (Å²) in [5.74, 6) is -3.87. The number of aliphatic hydroxyl groups excluding tert-OH is 1. The molecule has 546 valence electrons. The molecule has 26 heteroatoms. The van der Waals surface area contributed by atoms with Gasteiger partial charge in [0.15, 0.2) is 29.2 Å². The number of hydrogen-bond donors (Lipinski definition) is 5. The predicted octanol–water partition coefficient (Wildman–Crippen LogP) is 9.45. The first-order valence-electron chi connectivity index (χ1n) is 35.1. The lowest BCUT2D eigenvalue weighted by atomic mass is 9.98. The second-order valence-corrected chi connectivity index (χ2v) is 27.0. The van der Waals surface area contributed by atoms with Crippen molar-refractivity contribution in [2.45, 2.75) is 154 Å². The maximum atomic E-state index is 14.4. The number of aliphatic hydroxyl groups is 1. The fourth-order valence-electron chi connectivity index (χ4n) is 13.6. The number of hydrogen-bond acceptors (Lipinski definition) is 18. The van der Waals surface area contributed by atoms with E-state index in [1.54, 1.807) is 67.6 Å². The van der Waals surface area contributed by atoms with Crippen LogP contribution in [-0.4, -0.2) is 162 Å². The number of imide groups is 1. The van der Waals surface area contributed by atoms with Crippen LogP contribution in [0.3, 0.4) is 0 Å². The molecule has 0 aromatic heterocycles. The first-order valence-corrected chi connectivity index (χ1v) is 35.1. The Morgan fingerprint density at radius 3 is 1.89 bits per heavy atom. The molecule has 5 aromatic carbocycles. The van der Waals surface area contributed by atoms with Gasteiger partial charge in [0.1, 0.15) is 31.3 Å². The molecule has 0 unspecified atom stereocenters. The highest BCUT2D eigenvalue weighted by Gasteiger charge is 2.46. The van der Waals surface area contributed by atoms with Crippen molar-refractivity contribution < 1.29 is 81.5 Å². The van der Waals surface area contributed by atoms with E-state index in [4.69, 9.17) is 28.4 Å². The minimum absolute atomic E-state index is 0.0188. The van der Waals surface area contributed by atoms with Gasteiger partial charge in [-0.2, -0.15) is 0 Å². The van der Waals surface area contributed by atoms with Crippen molar-refractivity contribution in [1.29, 1.82) is 0 Å². The van der Waals surface area contributed by atoms with Crippen LogP contribution in [0.15, 0.2) is 138 Å². The van der Waals surface area contributed by atoms with Crippen LogP contribution in [0, 0.1) is 5.92 Å². The molecule has 0 bridgehead atoms. The van der Waals surface area contributed by atoms with E-state index in [0.29, 0.717) is 79.1 Å². The summed E-state index contributed by atoms with van der Waals surface area (Å²) in [6, 6.07) is 24.0. The molecule has 1 aliphatic carbocycles. The lowest BCUT2D eigenvalue weighted by Crippen LogP contribution is -2.54.